The zero-order valence-electron chi connectivity index (χ0n) is 11.3. The zero-order chi connectivity index (χ0) is 13.8. The summed E-state index contributed by atoms with van der Waals surface area (Å²) in [5.74, 6) is 0.846. The third-order valence-corrected chi connectivity index (χ3v) is 4.08. The summed E-state index contributed by atoms with van der Waals surface area (Å²) in [6.07, 6.45) is 0.669. The van der Waals surface area contributed by atoms with Crippen LogP contribution in [0.3, 0.4) is 0 Å². The van der Waals surface area contributed by atoms with E-state index < -0.39 is 0 Å². The number of quaternary nitrogens is 1. The molecule has 0 bridgehead atoms. The minimum absolute atomic E-state index is 0.334. The van der Waals surface area contributed by atoms with Crippen molar-refractivity contribution in [1.82, 2.24) is 0 Å². The summed E-state index contributed by atoms with van der Waals surface area (Å²) in [7, 11) is 0. The first kappa shape index (κ1) is 15.1. The van der Waals surface area contributed by atoms with Gasteiger partial charge in [0.2, 0.25) is 0 Å². The second-order valence-corrected chi connectivity index (χ2v) is 6.38. The first-order valence-corrected chi connectivity index (χ1v) is 7.78. The quantitative estimate of drug-likeness (QED) is 0.900. The van der Waals surface area contributed by atoms with Crippen LogP contribution in [0, 0.1) is 0 Å². The van der Waals surface area contributed by atoms with Crippen LogP contribution in [-0.2, 0) is 4.74 Å². The molecule has 0 aliphatic carbocycles. The monoisotopic (exact) mass is 348 g/mol. The van der Waals surface area contributed by atoms with E-state index in [-0.39, 0.29) is 0 Å². The Balaban J connectivity index is 1.80. The normalized spacial score (nSPS) is 27.3. The SMILES string of the molecule is C[C@@H]1C[NH+](CCOc2ccc(Cl)cc2Br)C[C@@H](C)O1. The standard InChI is InChI=1S/C14H19BrClNO2/c1-10-8-17(9-11(2)19-10)5-6-18-14-4-3-12(16)7-13(14)15/h3-4,7,10-11H,5-6,8-9H2,1-2H3/p+1/t10-,11-/m1/s1. The number of hydrogen-bond acceptors (Lipinski definition) is 2. The van der Waals surface area contributed by atoms with Crippen LogP contribution in [0.5, 0.6) is 5.75 Å². The highest BCUT2D eigenvalue weighted by molar-refractivity contribution is 9.10. The molecule has 1 aromatic carbocycles. The predicted octanol–water partition coefficient (Wildman–Crippen LogP) is 2.17. The molecule has 0 spiro atoms. The molecule has 0 radical (unpaired) electrons. The van der Waals surface area contributed by atoms with Crippen LogP contribution in [0.4, 0.5) is 0 Å². The summed E-state index contributed by atoms with van der Waals surface area (Å²) in [6, 6.07) is 5.59. The number of morpholine rings is 1. The second-order valence-electron chi connectivity index (χ2n) is 5.09. The van der Waals surface area contributed by atoms with Crippen LogP contribution in [0.25, 0.3) is 0 Å². The summed E-state index contributed by atoms with van der Waals surface area (Å²) in [5, 5.41) is 0.709. The molecule has 2 atom stereocenters. The number of halogens is 2. The average Bonchev–Trinajstić information content (AvgIpc) is 2.30. The van der Waals surface area contributed by atoms with Crippen molar-refractivity contribution in [3.8, 4) is 5.75 Å². The van der Waals surface area contributed by atoms with E-state index in [4.69, 9.17) is 21.1 Å². The van der Waals surface area contributed by atoms with Crippen LogP contribution in [0.1, 0.15) is 13.8 Å². The van der Waals surface area contributed by atoms with Crippen molar-refractivity contribution < 1.29 is 14.4 Å². The fourth-order valence-corrected chi connectivity index (χ4v) is 3.29. The molecular weight excluding hydrogens is 330 g/mol. The Bertz CT molecular complexity index is 420. The van der Waals surface area contributed by atoms with Crippen molar-refractivity contribution in [2.45, 2.75) is 26.1 Å². The molecule has 5 heteroatoms. The lowest BCUT2D eigenvalue weighted by molar-refractivity contribution is -0.915. The average molecular weight is 350 g/mol. The lowest BCUT2D eigenvalue weighted by Gasteiger charge is -2.32. The minimum Gasteiger partial charge on any atom is -0.487 e. The van der Waals surface area contributed by atoms with Crippen molar-refractivity contribution >= 4 is 27.5 Å². The van der Waals surface area contributed by atoms with E-state index in [1.165, 1.54) is 4.90 Å². The number of rotatable bonds is 4. The van der Waals surface area contributed by atoms with Gasteiger partial charge in [0.05, 0.1) is 4.47 Å². The van der Waals surface area contributed by atoms with Crippen LogP contribution < -0.4 is 9.64 Å². The Morgan fingerprint density at radius 1 is 1.37 bits per heavy atom. The molecule has 0 aromatic heterocycles. The molecule has 3 nitrogen and oxygen atoms in total. The highest BCUT2D eigenvalue weighted by Crippen LogP contribution is 2.27. The van der Waals surface area contributed by atoms with Gasteiger partial charge >= 0.3 is 0 Å². The summed E-state index contributed by atoms with van der Waals surface area (Å²) in [4.78, 5) is 1.54. The molecule has 106 valence electrons. The first-order chi connectivity index (χ1) is 9.04. The molecule has 1 N–H and O–H groups in total. The summed E-state index contributed by atoms with van der Waals surface area (Å²) >= 11 is 9.36. The van der Waals surface area contributed by atoms with Gasteiger partial charge in [-0.2, -0.15) is 0 Å². The van der Waals surface area contributed by atoms with Crippen LogP contribution >= 0.6 is 27.5 Å². The predicted molar refractivity (Wildman–Crippen MR) is 80.2 cm³/mol. The van der Waals surface area contributed by atoms with E-state index in [9.17, 15) is 0 Å². The molecule has 1 saturated heterocycles. The summed E-state index contributed by atoms with van der Waals surface area (Å²) in [5.41, 5.74) is 0. The third kappa shape index (κ3) is 4.63. The Morgan fingerprint density at radius 2 is 2.05 bits per heavy atom. The molecule has 1 aliphatic heterocycles. The Hall–Kier alpha value is -0.290. The van der Waals surface area contributed by atoms with Crippen molar-refractivity contribution in [2.75, 3.05) is 26.2 Å². The molecule has 0 saturated carbocycles. The van der Waals surface area contributed by atoms with Crippen LogP contribution in [0.15, 0.2) is 22.7 Å². The molecule has 0 amide bonds. The van der Waals surface area contributed by atoms with Gasteiger partial charge in [0, 0.05) is 5.02 Å². The highest BCUT2D eigenvalue weighted by Gasteiger charge is 2.25. The van der Waals surface area contributed by atoms with Gasteiger partial charge in [-0.3, -0.25) is 0 Å². The fourth-order valence-electron chi connectivity index (χ4n) is 2.49. The molecular formula is C14H20BrClNO2+. The summed E-state index contributed by atoms with van der Waals surface area (Å²) in [6.45, 7) is 8.06. The van der Waals surface area contributed by atoms with E-state index >= 15 is 0 Å². The minimum atomic E-state index is 0.334. The van der Waals surface area contributed by atoms with Gasteiger partial charge in [0.25, 0.3) is 0 Å². The maximum Gasteiger partial charge on any atom is 0.137 e. The van der Waals surface area contributed by atoms with Crippen LogP contribution in [-0.4, -0.2) is 38.4 Å². The molecule has 1 heterocycles. The number of ether oxygens (including phenoxy) is 2. The van der Waals surface area contributed by atoms with Gasteiger partial charge in [0.1, 0.15) is 44.2 Å². The van der Waals surface area contributed by atoms with Gasteiger partial charge in [-0.05, 0) is 48.0 Å². The van der Waals surface area contributed by atoms with Crippen molar-refractivity contribution in [3.05, 3.63) is 27.7 Å². The van der Waals surface area contributed by atoms with Gasteiger partial charge in [-0.1, -0.05) is 11.6 Å². The lowest BCUT2D eigenvalue weighted by atomic mass is 10.2. The smallest absolute Gasteiger partial charge is 0.137 e. The van der Waals surface area contributed by atoms with E-state index in [0.717, 1.165) is 29.9 Å². The molecule has 0 unspecified atom stereocenters. The van der Waals surface area contributed by atoms with Gasteiger partial charge in [0.15, 0.2) is 0 Å². The Labute approximate surface area is 128 Å². The van der Waals surface area contributed by atoms with Gasteiger partial charge < -0.3 is 14.4 Å². The van der Waals surface area contributed by atoms with Gasteiger partial charge in [-0.25, -0.2) is 0 Å². The van der Waals surface area contributed by atoms with E-state index in [2.05, 4.69) is 29.8 Å². The molecule has 1 aromatic rings. The molecule has 1 aliphatic rings. The number of nitrogens with one attached hydrogen (secondary N) is 1. The highest BCUT2D eigenvalue weighted by atomic mass is 79.9. The topological polar surface area (TPSA) is 22.9 Å². The van der Waals surface area contributed by atoms with E-state index in [1.54, 1.807) is 0 Å². The Kier molecular flexibility index (Phi) is 5.51. The fraction of sp³-hybridized carbons (Fsp3) is 0.571. The number of benzene rings is 1. The summed E-state index contributed by atoms with van der Waals surface area (Å²) < 4.78 is 12.4. The molecule has 1 fully saturated rings. The largest absolute Gasteiger partial charge is 0.487 e. The maximum atomic E-state index is 5.90. The Morgan fingerprint density at radius 3 is 2.68 bits per heavy atom. The maximum absolute atomic E-state index is 5.90. The third-order valence-electron chi connectivity index (χ3n) is 3.22. The van der Waals surface area contributed by atoms with Gasteiger partial charge in [-0.15, -0.1) is 0 Å². The lowest BCUT2D eigenvalue weighted by Crippen LogP contribution is -3.16. The van der Waals surface area contributed by atoms with E-state index in [1.807, 2.05) is 18.2 Å². The van der Waals surface area contributed by atoms with E-state index in [0.29, 0.717) is 23.8 Å². The molecule has 19 heavy (non-hydrogen) atoms. The van der Waals surface area contributed by atoms with Crippen LogP contribution in [0.2, 0.25) is 5.02 Å². The zero-order valence-corrected chi connectivity index (χ0v) is 13.6. The van der Waals surface area contributed by atoms with Crippen molar-refractivity contribution in [2.24, 2.45) is 0 Å². The second kappa shape index (κ2) is 6.93. The first-order valence-electron chi connectivity index (χ1n) is 6.61. The number of hydrogen-bond donors (Lipinski definition) is 1. The van der Waals surface area contributed by atoms with Crippen molar-refractivity contribution in [1.29, 1.82) is 0 Å². The van der Waals surface area contributed by atoms with Crippen molar-refractivity contribution in [3.63, 3.8) is 0 Å². The molecule has 2 rings (SSSR count).